The number of hydrogen-bond acceptors (Lipinski definition) is 5. The van der Waals surface area contributed by atoms with Gasteiger partial charge in [0.25, 0.3) is 11.3 Å². The van der Waals surface area contributed by atoms with Gasteiger partial charge in [0, 0.05) is 0 Å². The average molecular weight is 497 g/mol. The van der Waals surface area contributed by atoms with E-state index >= 15 is 0 Å². The van der Waals surface area contributed by atoms with Crippen LogP contribution in [0.3, 0.4) is 0 Å². The lowest BCUT2D eigenvalue weighted by Gasteiger charge is -2.22. The minimum absolute atomic E-state index is 0.106. The smallest absolute Gasteiger partial charge is 0.345 e. The maximum absolute atomic E-state index is 12.8. The van der Waals surface area contributed by atoms with Crippen molar-refractivity contribution in [3.05, 3.63) is 39.5 Å². The second-order valence-electron chi connectivity index (χ2n) is 7.17. The lowest BCUT2D eigenvalue weighted by Crippen LogP contribution is -2.50. The van der Waals surface area contributed by atoms with Crippen molar-refractivity contribution in [2.45, 2.75) is 38.7 Å². The van der Waals surface area contributed by atoms with Gasteiger partial charge in [-0.3, -0.25) is 19.2 Å². The maximum atomic E-state index is 12.8. The molecule has 1 unspecified atom stereocenters. The van der Waals surface area contributed by atoms with Crippen LogP contribution in [-0.4, -0.2) is 41.0 Å². The number of hydrogen-bond donors (Lipinski definition) is 3. The molecular weight excluding hydrogens is 480 g/mol. The van der Waals surface area contributed by atoms with E-state index in [4.69, 9.17) is 0 Å². The van der Waals surface area contributed by atoms with E-state index in [9.17, 15) is 45.5 Å². The molecule has 2 amide bonds. The summed E-state index contributed by atoms with van der Waals surface area (Å²) in [6.45, 7) is 2.51. The van der Waals surface area contributed by atoms with Crippen molar-refractivity contribution in [3.8, 4) is 10.6 Å². The van der Waals surface area contributed by atoms with Gasteiger partial charge >= 0.3 is 18.3 Å². The molecule has 0 bridgehead atoms. The molecule has 0 aliphatic heterocycles. The average Bonchev–Trinajstić information content (AvgIpc) is 3.21. The molecule has 0 fully saturated rings. The van der Waals surface area contributed by atoms with Crippen molar-refractivity contribution in [3.63, 3.8) is 0 Å². The Hall–Kier alpha value is -3.16. The number of Topliss-reactive ketones (excluding diaryl/α,β-unsaturated/α-hetero) is 1. The van der Waals surface area contributed by atoms with Gasteiger partial charge in [0.05, 0.1) is 23.0 Å². The Balaban J connectivity index is 2.43. The van der Waals surface area contributed by atoms with E-state index < -0.39 is 59.6 Å². The Morgan fingerprint density at radius 2 is 1.73 bits per heavy atom. The molecule has 0 aromatic carbocycles. The van der Waals surface area contributed by atoms with Crippen LogP contribution in [0.15, 0.2) is 28.4 Å². The van der Waals surface area contributed by atoms with Crippen molar-refractivity contribution in [2.24, 2.45) is 5.92 Å². The Labute approximate surface area is 186 Å². The fourth-order valence-corrected chi connectivity index (χ4v) is 3.45. The minimum Gasteiger partial charge on any atom is -0.345 e. The monoisotopic (exact) mass is 497 g/mol. The Morgan fingerprint density at radius 3 is 2.21 bits per heavy atom. The van der Waals surface area contributed by atoms with E-state index in [1.165, 1.54) is 19.2 Å². The number of carbonyl (C=O) groups excluding carboxylic acids is 3. The van der Waals surface area contributed by atoms with Crippen LogP contribution in [0, 0.1) is 5.92 Å². The first-order valence-electron chi connectivity index (χ1n) is 9.20. The predicted octanol–water partition coefficient (Wildman–Crippen LogP) is 3.42. The second kappa shape index (κ2) is 9.77. The van der Waals surface area contributed by atoms with Gasteiger partial charge in [0.15, 0.2) is 0 Å². The number of thiophene rings is 1. The molecule has 180 valence electrons. The Bertz CT molecular complexity index is 1090. The van der Waals surface area contributed by atoms with E-state index in [0.29, 0.717) is 4.88 Å². The van der Waals surface area contributed by atoms with Crippen molar-refractivity contribution in [1.29, 1.82) is 0 Å². The molecular formula is C19H17F6N3O4S. The molecule has 7 nitrogen and oxygen atoms in total. The van der Waals surface area contributed by atoms with Crippen LogP contribution in [0.25, 0.3) is 10.6 Å². The van der Waals surface area contributed by atoms with Gasteiger partial charge in [-0.2, -0.15) is 26.3 Å². The molecule has 14 heteroatoms. The number of alkyl halides is 6. The van der Waals surface area contributed by atoms with Crippen molar-refractivity contribution in [1.82, 2.24) is 10.3 Å². The van der Waals surface area contributed by atoms with Crippen LogP contribution in [0.1, 0.15) is 19.4 Å². The normalized spacial score (nSPS) is 13.0. The fraction of sp³-hybridized carbons (Fsp3) is 0.368. The number of amides is 2. The van der Waals surface area contributed by atoms with E-state index in [1.807, 2.05) is 5.32 Å². The topological polar surface area (TPSA) is 108 Å². The van der Waals surface area contributed by atoms with Crippen molar-refractivity contribution >= 4 is 34.6 Å². The van der Waals surface area contributed by atoms with Gasteiger partial charge < -0.3 is 15.6 Å². The molecule has 2 rings (SSSR count). The summed E-state index contributed by atoms with van der Waals surface area (Å²) in [7, 11) is 0. The molecule has 0 radical (unpaired) electrons. The number of carbonyl (C=O) groups is 3. The Kier molecular flexibility index (Phi) is 7.72. The van der Waals surface area contributed by atoms with Crippen LogP contribution < -0.4 is 16.2 Å². The lowest BCUT2D eigenvalue weighted by molar-refractivity contribution is -0.174. The first kappa shape index (κ1) is 26.1. The van der Waals surface area contributed by atoms with Crippen LogP contribution >= 0.6 is 11.3 Å². The maximum Gasteiger partial charge on any atom is 0.471 e. The van der Waals surface area contributed by atoms with Crippen LogP contribution in [-0.2, 0) is 20.8 Å². The number of ketones is 1. The molecule has 0 aliphatic rings. The second-order valence-corrected chi connectivity index (χ2v) is 8.12. The van der Waals surface area contributed by atoms with Gasteiger partial charge in [-0.25, -0.2) is 0 Å². The molecule has 3 N–H and O–H groups in total. The van der Waals surface area contributed by atoms with Crippen LogP contribution in [0.5, 0.6) is 0 Å². The predicted molar refractivity (Wildman–Crippen MR) is 107 cm³/mol. The van der Waals surface area contributed by atoms with Crippen LogP contribution in [0.4, 0.5) is 32.0 Å². The standard InChI is InChI=1S/C19H17F6N3O4S/c1-8(2)13(15(30)18(20,21)22)27-12(29)7-9-6-10(11-4-3-5-33-11)26-16(31)14(9)28-17(32)19(23,24)25/h3-6,8,13H,7H2,1-2H3,(H,26,31)(H,27,29)(H,28,32). The third-order valence-corrected chi connectivity index (χ3v) is 5.20. The first-order valence-corrected chi connectivity index (χ1v) is 10.1. The summed E-state index contributed by atoms with van der Waals surface area (Å²) in [4.78, 5) is 50.5. The summed E-state index contributed by atoms with van der Waals surface area (Å²) in [5.41, 5.74) is -2.34. The molecule has 0 saturated carbocycles. The molecule has 0 saturated heterocycles. The number of rotatable bonds is 7. The zero-order valence-electron chi connectivity index (χ0n) is 17.0. The molecule has 1 atom stereocenters. The molecule has 0 spiro atoms. The molecule has 2 aromatic heterocycles. The number of anilines is 1. The summed E-state index contributed by atoms with van der Waals surface area (Å²) in [5, 5.41) is 4.93. The van der Waals surface area contributed by atoms with Gasteiger partial charge in [0.2, 0.25) is 5.91 Å². The summed E-state index contributed by atoms with van der Waals surface area (Å²) in [6.07, 6.45) is -11.5. The quantitative estimate of drug-likeness (QED) is 0.510. The molecule has 0 aliphatic carbocycles. The van der Waals surface area contributed by atoms with Gasteiger partial charge in [-0.15, -0.1) is 11.3 Å². The number of nitrogens with one attached hydrogen (secondary N) is 3. The highest BCUT2D eigenvalue weighted by atomic mass is 32.1. The highest BCUT2D eigenvalue weighted by Crippen LogP contribution is 2.26. The third kappa shape index (κ3) is 6.66. The largest absolute Gasteiger partial charge is 0.471 e. The SMILES string of the molecule is CC(C)C(NC(=O)Cc1cc(-c2cccs2)[nH]c(=O)c1NC(=O)C(F)(F)F)C(=O)C(F)(F)F. The molecule has 2 heterocycles. The number of pyridine rings is 1. The number of aromatic amines is 1. The summed E-state index contributed by atoms with van der Waals surface area (Å²) in [5.74, 6) is -6.82. The molecule has 33 heavy (non-hydrogen) atoms. The van der Waals surface area contributed by atoms with E-state index in [0.717, 1.165) is 17.4 Å². The minimum atomic E-state index is -5.35. The first-order chi connectivity index (χ1) is 15.1. The van der Waals surface area contributed by atoms with E-state index in [-0.39, 0.29) is 11.3 Å². The van der Waals surface area contributed by atoms with E-state index in [1.54, 1.807) is 17.5 Å². The summed E-state index contributed by atoms with van der Waals surface area (Å²) < 4.78 is 76.5. The van der Waals surface area contributed by atoms with Gasteiger partial charge in [-0.05, 0) is 29.0 Å². The van der Waals surface area contributed by atoms with Crippen molar-refractivity contribution in [2.75, 3.05) is 5.32 Å². The molecule has 2 aromatic rings. The van der Waals surface area contributed by atoms with Gasteiger partial charge in [0.1, 0.15) is 5.69 Å². The van der Waals surface area contributed by atoms with E-state index in [2.05, 4.69) is 4.98 Å². The number of H-pyrrole nitrogens is 1. The fourth-order valence-electron chi connectivity index (χ4n) is 2.75. The number of aromatic nitrogens is 1. The van der Waals surface area contributed by atoms with Gasteiger partial charge in [-0.1, -0.05) is 19.9 Å². The lowest BCUT2D eigenvalue weighted by atomic mass is 9.98. The zero-order chi connectivity index (χ0) is 25.1. The Morgan fingerprint density at radius 1 is 1.09 bits per heavy atom. The number of halogens is 6. The summed E-state index contributed by atoms with van der Waals surface area (Å²) in [6, 6.07) is 2.34. The highest BCUT2D eigenvalue weighted by molar-refractivity contribution is 7.13. The highest BCUT2D eigenvalue weighted by Gasteiger charge is 2.45. The van der Waals surface area contributed by atoms with Crippen LogP contribution in [0.2, 0.25) is 0 Å². The third-order valence-electron chi connectivity index (χ3n) is 4.29. The van der Waals surface area contributed by atoms with Crippen molar-refractivity contribution < 1.29 is 40.7 Å². The zero-order valence-corrected chi connectivity index (χ0v) is 17.8. The summed E-state index contributed by atoms with van der Waals surface area (Å²) >= 11 is 1.15.